The van der Waals surface area contributed by atoms with Crippen LogP contribution in [0.5, 0.6) is 0 Å². The molecule has 3 aromatic heterocycles. The summed E-state index contributed by atoms with van der Waals surface area (Å²) in [4.78, 5) is 13.1. The Labute approximate surface area is 263 Å². The number of pyridine rings is 3. The predicted molar refractivity (Wildman–Crippen MR) is 191 cm³/mol. The summed E-state index contributed by atoms with van der Waals surface area (Å²) in [7, 11) is 0. The average Bonchev–Trinajstić information content (AvgIpc) is 3.01. The van der Waals surface area contributed by atoms with Crippen LogP contribution in [-0.4, -0.2) is 15.0 Å². The number of hydrogen-bond donors (Lipinski definition) is 0. The molecule has 42 heavy (non-hydrogen) atoms. The predicted octanol–water partition coefficient (Wildman–Crippen LogP) is 13.1. The van der Waals surface area contributed by atoms with Crippen molar-refractivity contribution in [3.63, 3.8) is 0 Å². The van der Waals surface area contributed by atoms with Crippen LogP contribution in [-0.2, 0) is 0 Å². The van der Waals surface area contributed by atoms with Gasteiger partial charge in [0.25, 0.3) is 0 Å². The first-order valence-electron chi connectivity index (χ1n) is 16.7. The Morgan fingerprint density at radius 2 is 0.810 bits per heavy atom. The number of hydrogen-bond acceptors (Lipinski definition) is 3. The van der Waals surface area contributed by atoms with Crippen LogP contribution in [0.4, 0.5) is 0 Å². The fourth-order valence-electron chi connectivity index (χ4n) is 3.36. The molecule has 3 rings (SSSR count). The maximum Gasteiger partial charge on any atom is 0.0432 e. The van der Waals surface area contributed by atoms with Crippen molar-refractivity contribution >= 4 is 0 Å². The van der Waals surface area contributed by atoms with Gasteiger partial charge >= 0.3 is 0 Å². The van der Waals surface area contributed by atoms with Crippen LogP contribution in [0.2, 0.25) is 0 Å². The molecule has 0 saturated heterocycles. The van der Waals surface area contributed by atoms with Gasteiger partial charge < -0.3 is 0 Å². The van der Waals surface area contributed by atoms with E-state index < -0.39 is 0 Å². The molecule has 3 heterocycles. The molecule has 0 radical (unpaired) electrons. The van der Waals surface area contributed by atoms with Gasteiger partial charge in [0.15, 0.2) is 0 Å². The van der Waals surface area contributed by atoms with E-state index in [1.807, 2.05) is 60.1 Å². The molecule has 0 atom stereocenters. The second-order valence-electron chi connectivity index (χ2n) is 11.5. The summed E-state index contributed by atoms with van der Waals surface area (Å²) in [5, 5.41) is 0. The zero-order valence-electron chi connectivity index (χ0n) is 31.0. The minimum absolute atomic E-state index is 0.531. The first-order chi connectivity index (χ1) is 19.8. The lowest BCUT2D eigenvalue weighted by molar-refractivity contribution is 0.765. The monoisotopic (exact) mass is 580 g/mol. The van der Waals surface area contributed by atoms with E-state index in [0.29, 0.717) is 35.5 Å². The van der Waals surface area contributed by atoms with Crippen molar-refractivity contribution in [2.45, 2.75) is 160 Å². The van der Waals surface area contributed by atoms with Crippen molar-refractivity contribution in [3.8, 4) is 0 Å². The van der Waals surface area contributed by atoms with E-state index in [2.05, 4.69) is 134 Å². The molecule has 0 aliphatic carbocycles. The zero-order chi connectivity index (χ0) is 33.4. The highest BCUT2D eigenvalue weighted by atomic mass is 14.7. The number of aromatic nitrogens is 3. The van der Waals surface area contributed by atoms with Gasteiger partial charge in [-0.1, -0.05) is 137 Å². The normalized spacial score (nSPS) is 10.0. The lowest BCUT2D eigenvalue weighted by Gasteiger charge is -2.09. The number of rotatable bonds is 6. The van der Waals surface area contributed by atoms with Gasteiger partial charge in [-0.25, -0.2) is 0 Å². The fraction of sp³-hybridized carbons (Fsp3) is 0.615. The largest absolute Gasteiger partial charge is 0.264 e. The minimum atomic E-state index is 0.531. The van der Waals surface area contributed by atoms with Crippen molar-refractivity contribution < 1.29 is 0 Å². The van der Waals surface area contributed by atoms with Gasteiger partial charge in [-0.2, -0.15) is 0 Å². The van der Waals surface area contributed by atoms with Crippen LogP contribution in [0.3, 0.4) is 0 Å². The third-order valence-electron chi connectivity index (χ3n) is 6.15. The third-order valence-corrected chi connectivity index (χ3v) is 6.15. The molecule has 3 nitrogen and oxygen atoms in total. The van der Waals surface area contributed by atoms with Crippen molar-refractivity contribution in [3.05, 3.63) is 88.8 Å². The van der Waals surface area contributed by atoms with Gasteiger partial charge in [-0.15, -0.1) is 0 Å². The van der Waals surface area contributed by atoms with Crippen molar-refractivity contribution in [1.29, 1.82) is 0 Å². The summed E-state index contributed by atoms with van der Waals surface area (Å²) >= 11 is 0. The smallest absolute Gasteiger partial charge is 0.0432 e. The highest BCUT2D eigenvalue weighted by Crippen LogP contribution is 2.20. The molecule has 0 unspecified atom stereocenters. The Balaban J connectivity index is -0.000000497. The molecule has 0 N–H and O–H groups in total. The molecule has 3 aromatic rings. The second-order valence-corrected chi connectivity index (χ2v) is 11.5. The van der Waals surface area contributed by atoms with Crippen LogP contribution in [0.15, 0.2) is 55.0 Å². The van der Waals surface area contributed by atoms with Gasteiger partial charge in [-0.3, -0.25) is 15.0 Å². The molecule has 0 saturated carbocycles. The lowest BCUT2D eigenvalue weighted by Crippen LogP contribution is -1.98. The first kappa shape index (κ1) is 43.9. The topological polar surface area (TPSA) is 38.7 Å². The Morgan fingerprint density at radius 3 is 1.14 bits per heavy atom. The molecule has 0 aliphatic heterocycles. The van der Waals surface area contributed by atoms with E-state index in [-0.39, 0.29) is 0 Å². The van der Waals surface area contributed by atoms with Crippen LogP contribution in [0.25, 0.3) is 0 Å². The average molecular weight is 580 g/mol. The quantitative estimate of drug-likeness (QED) is 0.291. The van der Waals surface area contributed by atoms with Crippen LogP contribution < -0.4 is 0 Å². The highest BCUT2D eigenvalue weighted by molar-refractivity contribution is 5.23. The fourth-order valence-corrected chi connectivity index (χ4v) is 3.36. The van der Waals surface area contributed by atoms with Crippen molar-refractivity contribution in [2.75, 3.05) is 0 Å². The van der Waals surface area contributed by atoms with E-state index in [4.69, 9.17) is 0 Å². The minimum Gasteiger partial charge on any atom is -0.264 e. The second kappa shape index (κ2) is 26.1. The summed E-state index contributed by atoms with van der Waals surface area (Å²) in [6.45, 7) is 38.2. The summed E-state index contributed by atoms with van der Waals surface area (Å²) < 4.78 is 0. The Hall–Kier alpha value is -2.55. The molecule has 0 aromatic carbocycles. The molecular formula is C39H69N3. The summed E-state index contributed by atoms with van der Waals surface area (Å²) in [6, 6.07) is 12.8. The van der Waals surface area contributed by atoms with Gasteiger partial charge in [0.2, 0.25) is 0 Å². The lowest BCUT2D eigenvalue weighted by atomic mass is 9.99. The Bertz CT molecular complexity index is 816. The van der Waals surface area contributed by atoms with Crippen LogP contribution in [0.1, 0.15) is 194 Å². The van der Waals surface area contributed by atoms with Crippen LogP contribution in [0, 0.1) is 0 Å². The van der Waals surface area contributed by atoms with Gasteiger partial charge in [0.05, 0.1) is 0 Å². The molecule has 0 fully saturated rings. The van der Waals surface area contributed by atoms with Gasteiger partial charge in [-0.05, 0) is 76.5 Å². The van der Waals surface area contributed by atoms with E-state index in [0.717, 1.165) is 0 Å². The number of nitrogens with zero attached hydrogens (tertiary/aromatic N) is 3. The molecule has 0 spiro atoms. The van der Waals surface area contributed by atoms with Gasteiger partial charge in [0.1, 0.15) is 0 Å². The van der Waals surface area contributed by atoms with E-state index in [1.54, 1.807) is 0 Å². The molecule has 3 heteroatoms. The molecular weight excluding hydrogens is 510 g/mol. The maximum absolute atomic E-state index is 4.57. The van der Waals surface area contributed by atoms with E-state index in [1.165, 1.54) is 33.8 Å². The first-order valence-corrected chi connectivity index (χ1v) is 16.7. The summed E-state index contributed by atoms with van der Waals surface area (Å²) in [5.41, 5.74) is 7.64. The standard InChI is InChI=1S/3C11H17N.3C2H6/c1-8(2)10-5-11(9(3)4)7-12-6-10;1-8(2)10-5-6-12-11(7-10)9(3)4;1-8(2)10-6-5-7-11(12-10)9(3)4;3*1-2/h3*5-9H,1-4H3;3*1-2H3. The van der Waals surface area contributed by atoms with Crippen molar-refractivity contribution in [2.24, 2.45) is 0 Å². The SMILES string of the molecule is CC.CC.CC.CC(C)c1cccc(C(C)C)n1.CC(C)c1ccnc(C(C)C)c1.CC(C)c1cncc(C(C)C)c1. The molecule has 0 aliphatic rings. The summed E-state index contributed by atoms with van der Waals surface area (Å²) in [6.07, 6.45) is 5.82. The maximum atomic E-state index is 4.57. The van der Waals surface area contributed by atoms with Gasteiger partial charge in [0, 0.05) is 35.7 Å². The zero-order valence-corrected chi connectivity index (χ0v) is 31.0. The highest BCUT2D eigenvalue weighted by Gasteiger charge is 2.05. The molecule has 0 amide bonds. The Kier molecular flexibility index (Phi) is 27.3. The van der Waals surface area contributed by atoms with Crippen molar-refractivity contribution in [1.82, 2.24) is 15.0 Å². The van der Waals surface area contributed by atoms with E-state index in [9.17, 15) is 0 Å². The van der Waals surface area contributed by atoms with E-state index >= 15 is 0 Å². The molecule has 0 bridgehead atoms. The Morgan fingerprint density at radius 1 is 0.429 bits per heavy atom. The summed E-state index contributed by atoms with van der Waals surface area (Å²) in [5.74, 6) is 3.36. The molecule has 240 valence electrons. The third kappa shape index (κ3) is 18.8. The van der Waals surface area contributed by atoms with Crippen LogP contribution >= 0.6 is 0 Å².